The number of rotatable bonds is 8. The van der Waals surface area contributed by atoms with Gasteiger partial charge in [0.2, 0.25) is 11.8 Å². The van der Waals surface area contributed by atoms with Gasteiger partial charge in [0.05, 0.1) is 19.6 Å². The largest absolute Gasteiger partial charge is 0.496 e. The van der Waals surface area contributed by atoms with Crippen LogP contribution in [0.4, 0.5) is 0 Å². The Balaban J connectivity index is 1.57. The second kappa shape index (κ2) is 10.4. The number of hydrogen-bond donors (Lipinski definition) is 2. The number of carbonyl (C=O) groups excluding carboxylic acids is 2. The Morgan fingerprint density at radius 2 is 1.97 bits per heavy atom. The molecule has 152 valence electrons. The maximum absolute atomic E-state index is 12.4. The highest BCUT2D eigenvalue weighted by Crippen LogP contribution is 2.19. The summed E-state index contributed by atoms with van der Waals surface area (Å²) >= 11 is 0. The lowest BCUT2D eigenvalue weighted by atomic mass is 10.1. The molecule has 2 aromatic rings. The van der Waals surface area contributed by atoms with E-state index in [1.807, 2.05) is 71.6 Å². The molecule has 1 aliphatic rings. The van der Waals surface area contributed by atoms with Crippen molar-refractivity contribution in [3.8, 4) is 5.75 Å². The number of amides is 2. The SMILES string of the molecule is COc1ccccc1/C=C/CN1CCNC(=O)[C@H]1CC(=O)NCc1ccccc1. The van der Waals surface area contributed by atoms with Crippen LogP contribution in [-0.2, 0) is 16.1 Å². The minimum absolute atomic E-state index is 0.100. The lowest BCUT2D eigenvalue weighted by Crippen LogP contribution is -2.56. The van der Waals surface area contributed by atoms with Gasteiger partial charge in [0.25, 0.3) is 0 Å². The van der Waals surface area contributed by atoms with E-state index in [2.05, 4.69) is 10.6 Å². The maximum atomic E-state index is 12.4. The number of nitrogens with zero attached hydrogens (tertiary/aromatic N) is 1. The first-order valence-electron chi connectivity index (χ1n) is 9.79. The predicted octanol–water partition coefficient (Wildman–Crippen LogP) is 2.22. The lowest BCUT2D eigenvalue weighted by molar-refractivity contribution is -0.133. The van der Waals surface area contributed by atoms with Crippen LogP contribution in [0, 0.1) is 0 Å². The molecule has 0 radical (unpaired) electrons. The van der Waals surface area contributed by atoms with Crippen molar-refractivity contribution in [3.63, 3.8) is 0 Å². The zero-order chi connectivity index (χ0) is 20.5. The Kier molecular flexibility index (Phi) is 7.41. The molecular weight excluding hydrogens is 366 g/mol. The van der Waals surface area contributed by atoms with Crippen LogP contribution in [-0.4, -0.2) is 49.5 Å². The summed E-state index contributed by atoms with van der Waals surface area (Å²) in [5, 5.41) is 5.77. The summed E-state index contributed by atoms with van der Waals surface area (Å²) < 4.78 is 5.36. The summed E-state index contributed by atoms with van der Waals surface area (Å²) in [5.74, 6) is 0.573. The molecule has 1 saturated heterocycles. The number of piperazine rings is 1. The summed E-state index contributed by atoms with van der Waals surface area (Å²) in [6, 6.07) is 17.0. The highest BCUT2D eigenvalue weighted by atomic mass is 16.5. The monoisotopic (exact) mass is 393 g/mol. The smallest absolute Gasteiger partial charge is 0.237 e. The van der Waals surface area contributed by atoms with Crippen molar-refractivity contribution in [3.05, 3.63) is 71.8 Å². The van der Waals surface area contributed by atoms with Gasteiger partial charge in [-0.3, -0.25) is 14.5 Å². The summed E-state index contributed by atoms with van der Waals surface area (Å²) in [5.41, 5.74) is 2.01. The Bertz CT molecular complexity index is 851. The molecule has 1 heterocycles. The molecule has 0 saturated carbocycles. The van der Waals surface area contributed by atoms with Crippen LogP contribution < -0.4 is 15.4 Å². The van der Waals surface area contributed by atoms with Crippen LogP contribution in [0.15, 0.2) is 60.7 Å². The second-order valence-corrected chi connectivity index (χ2v) is 6.91. The summed E-state index contributed by atoms with van der Waals surface area (Å²) in [6.07, 6.45) is 4.13. The molecule has 2 amide bonds. The first-order chi connectivity index (χ1) is 14.2. The quantitative estimate of drug-likeness (QED) is 0.722. The number of carbonyl (C=O) groups is 2. The van der Waals surface area contributed by atoms with Crippen molar-refractivity contribution in [2.75, 3.05) is 26.7 Å². The van der Waals surface area contributed by atoms with Gasteiger partial charge in [0.15, 0.2) is 0 Å². The van der Waals surface area contributed by atoms with E-state index >= 15 is 0 Å². The van der Waals surface area contributed by atoms with Crippen molar-refractivity contribution in [2.45, 2.75) is 19.0 Å². The van der Waals surface area contributed by atoms with Gasteiger partial charge in [-0.25, -0.2) is 0 Å². The van der Waals surface area contributed by atoms with Gasteiger partial charge in [-0.15, -0.1) is 0 Å². The normalized spacial score (nSPS) is 17.1. The molecule has 1 atom stereocenters. The van der Waals surface area contributed by atoms with Crippen LogP contribution in [0.3, 0.4) is 0 Å². The maximum Gasteiger partial charge on any atom is 0.237 e. The van der Waals surface area contributed by atoms with Crippen molar-refractivity contribution in [1.29, 1.82) is 0 Å². The third-order valence-corrected chi connectivity index (χ3v) is 4.93. The van der Waals surface area contributed by atoms with E-state index in [9.17, 15) is 9.59 Å². The topological polar surface area (TPSA) is 70.7 Å². The fourth-order valence-electron chi connectivity index (χ4n) is 3.37. The van der Waals surface area contributed by atoms with Crippen LogP contribution in [0.25, 0.3) is 6.08 Å². The van der Waals surface area contributed by atoms with Crippen molar-refractivity contribution in [2.24, 2.45) is 0 Å². The fraction of sp³-hybridized carbons (Fsp3) is 0.304. The Labute approximate surface area is 171 Å². The third-order valence-electron chi connectivity index (χ3n) is 4.93. The molecule has 2 aromatic carbocycles. The van der Waals surface area contributed by atoms with E-state index in [0.29, 0.717) is 26.2 Å². The van der Waals surface area contributed by atoms with E-state index in [0.717, 1.165) is 16.9 Å². The zero-order valence-corrected chi connectivity index (χ0v) is 16.6. The van der Waals surface area contributed by atoms with Crippen molar-refractivity contribution in [1.82, 2.24) is 15.5 Å². The van der Waals surface area contributed by atoms with Gasteiger partial charge < -0.3 is 15.4 Å². The van der Waals surface area contributed by atoms with Crippen molar-refractivity contribution >= 4 is 17.9 Å². The van der Waals surface area contributed by atoms with Crippen LogP contribution in [0.2, 0.25) is 0 Å². The third kappa shape index (κ3) is 5.93. The number of hydrogen-bond acceptors (Lipinski definition) is 4. The fourth-order valence-corrected chi connectivity index (χ4v) is 3.37. The van der Waals surface area contributed by atoms with Crippen LogP contribution in [0.5, 0.6) is 5.75 Å². The minimum Gasteiger partial charge on any atom is -0.496 e. The average molecular weight is 393 g/mol. The molecule has 29 heavy (non-hydrogen) atoms. The summed E-state index contributed by atoms with van der Waals surface area (Å²) in [7, 11) is 1.64. The first-order valence-corrected chi connectivity index (χ1v) is 9.79. The highest BCUT2D eigenvalue weighted by Gasteiger charge is 2.30. The standard InChI is InChI=1S/C23H27N3O3/c1-29-21-12-6-5-10-19(21)11-7-14-26-15-13-24-23(28)20(26)16-22(27)25-17-18-8-3-2-4-9-18/h2-12,20H,13-17H2,1H3,(H,24,28)(H,25,27)/b11-7+/t20-/m1/s1. The minimum atomic E-state index is -0.471. The van der Waals surface area contributed by atoms with E-state index in [-0.39, 0.29) is 18.2 Å². The molecule has 1 fully saturated rings. The molecular formula is C23H27N3O3. The highest BCUT2D eigenvalue weighted by molar-refractivity contribution is 5.88. The Morgan fingerprint density at radius 3 is 2.76 bits per heavy atom. The lowest BCUT2D eigenvalue weighted by Gasteiger charge is -2.33. The second-order valence-electron chi connectivity index (χ2n) is 6.91. The summed E-state index contributed by atoms with van der Waals surface area (Å²) in [6.45, 7) is 2.34. The number of methoxy groups -OCH3 is 1. The van der Waals surface area contributed by atoms with E-state index < -0.39 is 6.04 Å². The van der Waals surface area contributed by atoms with Gasteiger partial charge in [0.1, 0.15) is 5.75 Å². The molecule has 1 aliphatic heterocycles. The van der Waals surface area contributed by atoms with Gasteiger partial charge in [-0.2, -0.15) is 0 Å². The molecule has 0 bridgehead atoms. The molecule has 2 N–H and O–H groups in total. The Hall–Kier alpha value is -3.12. The predicted molar refractivity (Wildman–Crippen MR) is 113 cm³/mol. The molecule has 6 nitrogen and oxygen atoms in total. The summed E-state index contributed by atoms with van der Waals surface area (Å²) in [4.78, 5) is 26.8. The molecule has 3 rings (SSSR count). The number of ether oxygens (including phenoxy) is 1. The molecule has 0 aromatic heterocycles. The Morgan fingerprint density at radius 1 is 1.21 bits per heavy atom. The van der Waals surface area contributed by atoms with Gasteiger partial charge in [-0.1, -0.05) is 60.7 Å². The van der Waals surface area contributed by atoms with Crippen molar-refractivity contribution < 1.29 is 14.3 Å². The first kappa shape index (κ1) is 20.6. The van der Waals surface area contributed by atoms with E-state index in [4.69, 9.17) is 4.74 Å². The molecule has 0 spiro atoms. The number of benzene rings is 2. The number of para-hydroxylation sites is 1. The number of nitrogens with one attached hydrogen (secondary N) is 2. The average Bonchev–Trinajstić information content (AvgIpc) is 2.75. The van der Waals surface area contributed by atoms with Crippen LogP contribution >= 0.6 is 0 Å². The van der Waals surface area contributed by atoms with Crippen LogP contribution in [0.1, 0.15) is 17.5 Å². The van der Waals surface area contributed by atoms with E-state index in [1.165, 1.54) is 0 Å². The van der Waals surface area contributed by atoms with E-state index in [1.54, 1.807) is 7.11 Å². The molecule has 0 aliphatic carbocycles. The molecule has 0 unspecified atom stereocenters. The van der Waals surface area contributed by atoms with Gasteiger partial charge in [-0.05, 0) is 11.6 Å². The molecule has 6 heteroatoms. The van der Waals surface area contributed by atoms with Gasteiger partial charge >= 0.3 is 0 Å². The van der Waals surface area contributed by atoms with Gasteiger partial charge in [0, 0.05) is 31.7 Å². The zero-order valence-electron chi connectivity index (χ0n) is 16.6.